The minimum atomic E-state index is -0.0473. The molecule has 0 aromatic heterocycles. The zero-order chi connectivity index (χ0) is 14.3. The van der Waals surface area contributed by atoms with E-state index in [4.69, 9.17) is 4.74 Å². The first-order chi connectivity index (χ1) is 9.48. The van der Waals surface area contributed by atoms with Gasteiger partial charge in [-0.2, -0.15) is 0 Å². The number of nitrogens with zero attached hydrogens (tertiary/aromatic N) is 1. The van der Waals surface area contributed by atoms with Crippen LogP contribution in [-0.4, -0.2) is 17.6 Å². The van der Waals surface area contributed by atoms with Gasteiger partial charge >= 0.3 is 5.97 Å². The molecular weight excluding hydrogens is 250 g/mol. The van der Waals surface area contributed by atoms with Crippen LogP contribution in [0.1, 0.15) is 46.5 Å². The van der Waals surface area contributed by atoms with E-state index in [1.165, 1.54) is 6.42 Å². The van der Waals surface area contributed by atoms with Crippen molar-refractivity contribution < 1.29 is 9.53 Å². The van der Waals surface area contributed by atoms with Crippen molar-refractivity contribution in [2.75, 3.05) is 4.90 Å². The third kappa shape index (κ3) is 2.19. The van der Waals surface area contributed by atoms with E-state index in [2.05, 4.69) is 31.7 Å². The number of benzene rings is 1. The molecule has 108 valence electrons. The maximum Gasteiger partial charge on any atom is 0.316 e. The summed E-state index contributed by atoms with van der Waals surface area (Å²) in [5.41, 5.74) is 1.03. The van der Waals surface area contributed by atoms with Crippen LogP contribution in [0.2, 0.25) is 0 Å². The molecule has 2 atom stereocenters. The van der Waals surface area contributed by atoms with Crippen molar-refractivity contribution in [2.24, 2.45) is 5.92 Å². The summed E-state index contributed by atoms with van der Waals surface area (Å²) in [6.07, 6.45) is 4.35. The molecule has 1 aliphatic carbocycles. The van der Waals surface area contributed by atoms with Gasteiger partial charge in [0.05, 0.1) is 11.6 Å². The number of hydrogen-bond donors (Lipinski definition) is 0. The van der Waals surface area contributed by atoms with Crippen LogP contribution in [-0.2, 0) is 4.79 Å². The molecule has 1 aromatic carbocycles. The van der Waals surface area contributed by atoms with Gasteiger partial charge in [-0.15, -0.1) is 0 Å². The standard InChI is InChI=1S/C17H23NO2/c1-17(2,3)18-13-9-5-4-8-12(13)16(19)20-15-11-7-6-10-14(15)18/h6-7,10-13H,4-5,8-9H2,1-3H3. The summed E-state index contributed by atoms with van der Waals surface area (Å²) >= 11 is 0. The van der Waals surface area contributed by atoms with Crippen LogP contribution in [0.4, 0.5) is 5.69 Å². The van der Waals surface area contributed by atoms with E-state index in [0.717, 1.165) is 24.9 Å². The molecule has 1 aliphatic heterocycles. The molecule has 0 saturated heterocycles. The molecule has 1 aromatic rings. The lowest BCUT2D eigenvalue weighted by Crippen LogP contribution is -2.53. The van der Waals surface area contributed by atoms with Gasteiger partial charge in [-0.1, -0.05) is 25.0 Å². The lowest BCUT2D eigenvalue weighted by Gasteiger charge is -2.46. The molecular formula is C17H23NO2. The van der Waals surface area contributed by atoms with E-state index < -0.39 is 0 Å². The third-order valence-electron chi connectivity index (χ3n) is 4.42. The van der Waals surface area contributed by atoms with Gasteiger partial charge in [0, 0.05) is 11.6 Å². The first kappa shape index (κ1) is 13.5. The van der Waals surface area contributed by atoms with Crippen molar-refractivity contribution in [1.29, 1.82) is 0 Å². The van der Waals surface area contributed by atoms with Crippen LogP contribution < -0.4 is 9.64 Å². The average molecular weight is 273 g/mol. The Balaban J connectivity index is 2.13. The van der Waals surface area contributed by atoms with Crippen LogP contribution in [0.25, 0.3) is 0 Å². The Morgan fingerprint density at radius 3 is 2.60 bits per heavy atom. The minimum absolute atomic E-state index is 0.00961. The van der Waals surface area contributed by atoms with Crippen molar-refractivity contribution in [3.05, 3.63) is 24.3 Å². The van der Waals surface area contributed by atoms with Crippen molar-refractivity contribution in [3.63, 3.8) is 0 Å². The lowest BCUT2D eigenvalue weighted by molar-refractivity contribution is -0.140. The highest BCUT2D eigenvalue weighted by Gasteiger charge is 2.43. The van der Waals surface area contributed by atoms with Crippen LogP contribution in [0.15, 0.2) is 24.3 Å². The molecule has 1 fully saturated rings. The summed E-state index contributed by atoms with van der Waals surface area (Å²) in [6.45, 7) is 6.64. The monoisotopic (exact) mass is 273 g/mol. The fraction of sp³-hybridized carbons (Fsp3) is 0.588. The molecule has 0 amide bonds. The number of hydrogen-bond acceptors (Lipinski definition) is 3. The molecule has 0 N–H and O–H groups in total. The van der Waals surface area contributed by atoms with Crippen LogP contribution in [0.3, 0.4) is 0 Å². The fourth-order valence-corrected chi connectivity index (χ4v) is 3.66. The Morgan fingerprint density at radius 2 is 1.85 bits per heavy atom. The van der Waals surface area contributed by atoms with Crippen molar-refractivity contribution in [1.82, 2.24) is 0 Å². The molecule has 20 heavy (non-hydrogen) atoms. The van der Waals surface area contributed by atoms with E-state index in [-0.39, 0.29) is 23.5 Å². The summed E-state index contributed by atoms with van der Waals surface area (Å²) in [5, 5.41) is 0. The van der Waals surface area contributed by atoms with Crippen LogP contribution >= 0.6 is 0 Å². The number of para-hydroxylation sites is 2. The van der Waals surface area contributed by atoms with E-state index in [0.29, 0.717) is 5.75 Å². The van der Waals surface area contributed by atoms with Crippen LogP contribution in [0.5, 0.6) is 5.75 Å². The predicted octanol–water partition coefficient (Wildman–Crippen LogP) is 3.77. The highest BCUT2D eigenvalue weighted by Crippen LogP contribution is 2.43. The number of anilines is 1. The summed E-state index contributed by atoms with van der Waals surface area (Å²) in [7, 11) is 0. The molecule has 0 bridgehead atoms. The second-order valence-corrected chi connectivity index (χ2v) is 6.89. The molecule has 3 rings (SSSR count). The SMILES string of the molecule is CC(C)(C)N1c2ccccc2OC(=O)C2CCCCC21. The molecule has 3 nitrogen and oxygen atoms in total. The van der Waals surface area contributed by atoms with Gasteiger partial charge in [0.15, 0.2) is 5.75 Å². The van der Waals surface area contributed by atoms with Gasteiger partial charge in [-0.05, 0) is 45.7 Å². The molecule has 0 radical (unpaired) electrons. The Hall–Kier alpha value is -1.51. The Labute approximate surface area is 120 Å². The topological polar surface area (TPSA) is 29.5 Å². The predicted molar refractivity (Wildman–Crippen MR) is 80.1 cm³/mol. The lowest BCUT2D eigenvalue weighted by atomic mass is 9.81. The number of fused-ring (bicyclic) bond motifs is 2. The molecule has 0 spiro atoms. The van der Waals surface area contributed by atoms with Crippen molar-refractivity contribution in [3.8, 4) is 5.75 Å². The first-order valence-corrected chi connectivity index (χ1v) is 7.58. The second kappa shape index (κ2) is 4.80. The highest BCUT2D eigenvalue weighted by atomic mass is 16.5. The summed E-state index contributed by atoms with van der Waals surface area (Å²) in [4.78, 5) is 14.8. The summed E-state index contributed by atoms with van der Waals surface area (Å²) in [5.74, 6) is 0.672. The maximum atomic E-state index is 12.4. The number of carbonyl (C=O) groups is 1. The Morgan fingerprint density at radius 1 is 1.15 bits per heavy atom. The maximum absolute atomic E-state index is 12.4. The summed E-state index contributed by atoms with van der Waals surface area (Å²) in [6, 6.07) is 8.20. The molecule has 1 heterocycles. The van der Waals surface area contributed by atoms with Crippen molar-refractivity contribution in [2.45, 2.75) is 58.0 Å². The van der Waals surface area contributed by atoms with Gasteiger partial charge in [0.1, 0.15) is 0 Å². The fourth-order valence-electron chi connectivity index (χ4n) is 3.66. The molecule has 2 aliphatic rings. The molecule has 3 heteroatoms. The zero-order valence-electron chi connectivity index (χ0n) is 12.6. The van der Waals surface area contributed by atoms with E-state index in [1.807, 2.05) is 18.2 Å². The molecule has 1 saturated carbocycles. The summed E-state index contributed by atoms with van der Waals surface area (Å²) < 4.78 is 5.67. The largest absolute Gasteiger partial charge is 0.424 e. The number of rotatable bonds is 0. The third-order valence-corrected chi connectivity index (χ3v) is 4.42. The number of ether oxygens (including phenoxy) is 1. The smallest absolute Gasteiger partial charge is 0.316 e. The Kier molecular flexibility index (Phi) is 3.23. The Bertz CT molecular complexity index is 518. The van der Waals surface area contributed by atoms with Gasteiger partial charge in [0.2, 0.25) is 0 Å². The van der Waals surface area contributed by atoms with E-state index >= 15 is 0 Å². The minimum Gasteiger partial charge on any atom is -0.424 e. The van der Waals surface area contributed by atoms with E-state index in [1.54, 1.807) is 0 Å². The van der Waals surface area contributed by atoms with Gasteiger partial charge in [-0.3, -0.25) is 4.79 Å². The first-order valence-electron chi connectivity index (χ1n) is 7.58. The van der Waals surface area contributed by atoms with Gasteiger partial charge < -0.3 is 9.64 Å². The normalized spacial score (nSPS) is 26.4. The highest BCUT2D eigenvalue weighted by molar-refractivity contribution is 5.81. The van der Waals surface area contributed by atoms with Gasteiger partial charge in [0.25, 0.3) is 0 Å². The number of carbonyl (C=O) groups excluding carboxylic acids is 1. The average Bonchev–Trinajstić information content (AvgIpc) is 2.52. The van der Waals surface area contributed by atoms with Crippen LogP contribution in [0, 0.1) is 5.92 Å². The van der Waals surface area contributed by atoms with Gasteiger partial charge in [-0.25, -0.2) is 0 Å². The second-order valence-electron chi connectivity index (χ2n) is 6.89. The zero-order valence-corrected chi connectivity index (χ0v) is 12.6. The quantitative estimate of drug-likeness (QED) is 0.532. The molecule has 2 unspecified atom stereocenters. The van der Waals surface area contributed by atoms with Crippen molar-refractivity contribution >= 4 is 11.7 Å². The number of esters is 1. The van der Waals surface area contributed by atoms with E-state index in [9.17, 15) is 4.79 Å².